The maximum absolute atomic E-state index is 6.62. The van der Waals surface area contributed by atoms with Gasteiger partial charge in [0.05, 0.1) is 0 Å². The monoisotopic (exact) mass is 769 g/mol. The molecule has 0 radical (unpaired) electrons. The molecule has 0 amide bonds. The standard InChI is InChI=1S/C57H39NO2/c1-57(2)50-20-9-6-15-44(50)45-32-31-41(35-51(45)57)58(40-29-25-37(26-30-40)43-18-12-19-48-46-16-7-10-21-52(46)59-55(43)48)39-27-23-36(24-28-39)42-33-34-49-47-17-8-11-22-53(47)60-56(49)54(42)38-13-4-3-5-14-38/h3-35H,1-2H3. The predicted molar refractivity (Wildman–Crippen MR) is 250 cm³/mol. The highest BCUT2D eigenvalue weighted by Crippen LogP contribution is 2.51. The van der Waals surface area contributed by atoms with Crippen molar-refractivity contribution in [3.8, 4) is 44.5 Å². The van der Waals surface area contributed by atoms with E-state index in [1.165, 1.54) is 22.3 Å². The Morgan fingerprint density at radius 3 is 1.58 bits per heavy atom. The van der Waals surface area contributed by atoms with Gasteiger partial charge in [0.25, 0.3) is 0 Å². The van der Waals surface area contributed by atoms with Crippen LogP contribution in [0, 0.1) is 0 Å². The number of rotatable bonds is 6. The molecule has 0 aliphatic heterocycles. The number of hydrogen-bond donors (Lipinski definition) is 0. The van der Waals surface area contributed by atoms with Crippen LogP contribution in [0.3, 0.4) is 0 Å². The zero-order valence-corrected chi connectivity index (χ0v) is 33.3. The third kappa shape index (κ3) is 5.22. The highest BCUT2D eigenvalue weighted by atomic mass is 16.3. The fourth-order valence-electron chi connectivity index (χ4n) is 9.75. The average Bonchev–Trinajstić information content (AvgIpc) is 3.95. The van der Waals surface area contributed by atoms with Gasteiger partial charge in [-0.2, -0.15) is 0 Å². The lowest BCUT2D eigenvalue weighted by Gasteiger charge is -2.28. The van der Waals surface area contributed by atoms with Crippen molar-refractivity contribution in [2.45, 2.75) is 19.3 Å². The quantitative estimate of drug-likeness (QED) is 0.169. The lowest BCUT2D eigenvalue weighted by atomic mass is 9.82. The topological polar surface area (TPSA) is 29.5 Å². The van der Waals surface area contributed by atoms with Gasteiger partial charge in [-0.15, -0.1) is 0 Å². The van der Waals surface area contributed by atoms with Crippen LogP contribution in [0.25, 0.3) is 88.4 Å². The third-order valence-electron chi connectivity index (χ3n) is 12.7. The first kappa shape index (κ1) is 34.4. The van der Waals surface area contributed by atoms with Crippen molar-refractivity contribution in [1.82, 2.24) is 0 Å². The van der Waals surface area contributed by atoms with E-state index in [1.54, 1.807) is 0 Å². The molecule has 11 aromatic rings. The molecule has 0 saturated carbocycles. The first-order valence-corrected chi connectivity index (χ1v) is 20.7. The minimum absolute atomic E-state index is 0.129. The van der Waals surface area contributed by atoms with E-state index in [2.05, 4.69) is 201 Å². The molecule has 0 saturated heterocycles. The van der Waals surface area contributed by atoms with Crippen molar-refractivity contribution in [2.75, 3.05) is 4.90 Å². The van der Waals surface area contributed by atoms with Crippen molar-refractivity contribution in [3.63, 3.8) is 0 Å². The lowest BCUT2D eigenvalue weighted by molar-refractivity contribution is 0.660. The van der Waals surface area contributed by atoms with Crippen molar-refractivity contribution in [2.24, 2.45) is 0 Å². The van der Waals surface area contributed by atoms with Gasteiger partial charge in [0.15, 0.2) is 0 Å². The van der Waals surface area contributed by atoms with Crippen molar-refractivity contribution in [3.05, 3.63) is 211 Å². The van der Waals surface area contributed by atoms with Gasteiger partial charge < -0.3 is 13.7 Å². The summed E-state index contributed by atoms with van der Waals surface area (Å²) in [6.45, 7) is 4.69. The Kier molecular flexibility index (Phi) is 7.58. The molecule has 284 valence electrons. The van der Waals surface area contributed by atoms with Crippen LogP contribution in [0.15, 0.2) is 209 Å². The first-order valence-electron chi connectivity index (χ1n) is 20.7. The van der Waals surface area contributed by atoms with Gasteiger partial charge >= 0.3 is 0 Å². The Hall–Kier alpha value is -7.62. The smallest absolute Gasteiger partial charge is 0.143 e. The van der Waals surface area contributed by atoms with E-state index < -0.39 is 0 Å². The van der Waals surface area contributed by atoms with Crippen LogP contribution in [0.5, 0.6) is 0 Å². The Bertz CT molecular complexity index is 3440. The summed E-state index contributed by atoms with van der Waals surface area (Å²) in [6.07, 6.45) is 0. The molecule has 0 bridgehead atoms. The number of anilines is 3. The summed E-state index contributed by atoms with van der Waals surface area (Å²) >= 11 is 0. The van der Waals surface area contributed by atoms with E-state index in [9.17, 15) is 0 Å². The van der Waals surface area contributed by atoms with Gasteiger partial charge in [-0.05, 0) is 99.1 Å². The molecular formula is C57H39NO2. The predicted octanol–water partition coefficient (Wildman–Crippen LogP) is 16.3. The maximum Gasteiger partial charge on any atom is 0.143 e. The highest BCUT2D eigenvalue weighted by molar-refractivity contribution is 6.13. The number of fused-ring (bicyclic) bond motifs is 9. The lowest BCUT2D eigenvalue weighted by Crippen LogP contribution is -2.16. The third-order valence-corrected chi connectivity index (χ3v) is 12.7. The summed E-state index contributed by atoms with van der Waals surface area (Å²) < 4.78 is 13.1. The normalized spacial score (nSPS) is 13.0. The second-order valence-corrected chi connectivity index (χ2v) is 16.4. The van der Waals surface area contributed by atoms with Gasteiger partial charge in [-0.1, -0.05) is 159 Å². The second-order valence-electron chi connectivity index (χ2n) is 16.4. The number of benzene rings is 9. The van der Waals surface area contributed by atoms with Gasteiger partial charge in [-0.3, -0.25) is 0 Å². The van der Waals surface area contributed by atoms with Crippen molar-refractivity contribution >= 4 is 60.9 Å². The minimum atomic E-state index is -0.129. The molecule has 12 rings (SSSR count). The fourth-order valence-corrected chi connectivity index (χ4v) is 9.75. The van der Waals surface area contributed by atoms with Gasteiger partial charge in [-0.25, -0.2) is 0 Å². The molecule has 1 aliphatic rings. The molecule has 3 heteroatoms. The highest BCUT2D eigenvalue weighted by Gasteiger charge is 2.35. The molecule has 0 fully saturated rings. The zero-order chi connectivity index (χ0) is 40.0. The molecule has 1 aliphatic carbocycles. The van der Waals surface area contributed by atoms with Crippen molar-refractivity contribution < 1.29 is 8.83 Å². The summed E-state index contributed by atoms with van der Waals surface area (Å²) in [4.78, 5) is 2.38. The van der Waals surface area contributed by atoms with Crippen LogP contribution in [0.1, 0.15) is 25.0 Å². The Balaban J connectivity index is 0.995. The van der Waals surface area contributed by atoms with E-state index in [0.717, 1.165) is 94.3 Å². The van der Waals surface area contributed by atoms with E-state index in [0.29, 0.717) is 0 Å². The number of hydrogen-bond acceptors (Lipinski definition) is 3. The van der Waals surface area contributed by atoms with Gasteiger partial charge in [0.1, 0.15) is 22.3 Å². The van der Waals surface area contributed by atoms with Crippen molar-refractivity contribution in [1.29, 1.82) is 0 Å². The van der Waals surface area contributed by atoms with E-state index >= 15 is 0 Å². The summed E-state index contributed by atoms with van der Waals surface area (Å²) in [5.74, 6) is 0. The van der Waals surface area contributed by atoms with Crippen LogP contribution in [0.4, 0.5) is 17.1 Å². The summed E-state index contributed by atoms with van der Waals surface area (Å²) in [5, 5.41) is 4.52. The summed E-state index contributed by atoms with van der Waals surface area (Å²) in [7, 11) is 0. The van der Waals surface area contributed by atoms with Crippen LogP contribution in [-0.4, -0.2) is 0 Å². The van der Waals surface area contributed by atoms with Crippen LogP contribution >= 0.6 is 0 Å². The van der Waals surface area contributed by atoms with E-state index in [1.807, 2.05) is 18.2 Å². The van der Waals surface area contributed by atoms with E-state index in [-0.39, 0.29) is 5.41 Å². The largest absolute Gasteiger partial charge is 0.455 e. The van der Waals surface area contributed by atoms with Crippen LogP contribution in [-0.2, 0) is 5.41 Å². The minimum Gasteiger partial charge on any atom is -0.455 e. The number of furan rings is 2. The van der Waals surface area contributed by atoms with Crippen LogP contribution in [0.2, 0.25) is 0 Å². The second kappa shape index (κ2) is 13.2. The summed E-state index contributed by atoms with van der Waals surface area (Å²) in [6, 6.07) is 71.8. The van der Waals surface area contributed by atoms with Gasteiger partial charge in [0, 0.05) is 55.1 Å². The molecule has 0 unspecified atom stereocenters. The van der Waals surface area contributed by atoms with Crippen LogP contribution < -0.4 is 4.90 Å². The first-order chi connectivity index (χ1) is 29.5. The Labute approximate surface area is 348 Å². The molecule has 9 aromatic carbocycles. The SMILES string of the molecule is CC1(C)c2ccccc2-c2ccc(N(c3ccc(-c4ccc5c(oc6ccccc65)c4-c4ccccc4)cc3)c3ccc(-c4cccc5c4oc4ccccc45)cc3)cc21. The zero-order valence-electron chi connectivity index (χ0n) is 33.3. The number of para-hydroxylation sites is 3. The average molecular weight is 770 g/mol. The molecular weight excluding hydrogens is 731 g/mol. The maximum atomic E-state index is 6.62. The molecule has 0 atom stereocenters. The van der Waals surface area contributed by atoms with E-state index in [4.69, 9.17) is 8.83 Å². The molecule has 3 nitrogen and oxygen atoms in total. The fraction of sp³-hybridized carbons (Fsp3) is 0.0526. The van der Waals surface area contributed by atoms with Gasteiger partial charge in [0.2, 0.25) is 0 Å². The molecule has 0 spiro atoms. The number of nitrogens with zero attached hydrogens (tertiary/aromatic N) is 1. The Morgan fingerprint density at radius 1 is 0.350 bits per heavy atom. The Morgan fingerprint density at radius 2 is 0.867 bits per heavy atom. The molecule has 60 heavy (non-hydrogen) atoms. The molecule has 0 N–H and O–H groups in total. The summed E-state index contributed by atoms with van der Waals surface area (Å²) in [5.41, 5.74) is 18.8. The molecule has 2 heterocycles. The molecule has 2 aromatic heterocycles.